The van der Waals surface area contributed by atoms with Crippen LogP contribution < -0.4 is 5.32 Å². The van der Waals surface area contributed by atoms with E-state index in [9.17, 15) is 14.4 Å². The summed E-state index contributed by atoms with van der Waals surface area (Å²) in [5.41, 5.74) is 1.000. The summed E-state index contributed by atoms with van der Waals surface area (Å²) in [6, 6.07) is 8.93. The maximum absolute atomic E-state index is 13.4. The lowest BCUT2D eigenvalue weighted by Crippen LogP contribution is -2.76. The van der Waals surface area contributed by atoms with Crippen LogP contribution in [0.3, 0.4) is 0 Å². The van der Waals surface area contributed by atoms with Crippen molar-refractivity contribution >= 4 is 17.8 Å². The van der Waals surface area contributed by atoms with Crippen molar-refractivity contribution in [3.05, 3.63) is 35.9 Å². The first-order valence-electron chi connectivity index (χ1n) is 12.0. The third-order valence-electron chi connectivity index (χ3n) is 6.30. The summed E-state index contributed by atoms with van der Waals surface area (Å²) in [6.45, 7) is 6.40. The van der Waals surface area contributed by atoms with Gasteiger partial charge in [0, 0.05) is 33.4 Å². The zero-order valence-corrected chi connectivity index (χ0v) is 20.0. The van der Waals surface area contributed by atoms with E-state index in [0.717, 1.165) is 18.4 Å². The van der Waals surface area contributed by atoms with Gasteiger partial charge >= 0.3 is 6.03 Å². The van der Waals surface area contributed by atoms with E-state index in [2.05, 4.69) is 12.2 Å². The fraction of sp³-hybridized carbons (Fsp3) is 0.625. The molecule has 4 amide bonds. The van der Waals surface area contributed by atoms with Gasteiger partial charge in [-0.05, 0) is 18.4 Å². The largest absolute Gasteiger partial charge is 0.385 e. The third-order valence-corrected chi connectivity index (χ3v) is 6.30. The van der Waals surface area contributed by atoms with Crippen LogP contribution in [0.25, 0.3) is 0 Å². The summed E-state index contributed by atoms with van der Waals surface area (Å²) < 4.78 is 5.17. The van der Waals surface area contributed by atoms with Crippen molar-refractivity contribution < 1.29 is 19.1 Å². The number of hydrogen-bond donors (Lipinski definition) is 1. The number of hydrazine groups is 1. The lowest BCUT2D eigenvalue weighted by molar-refractivity contribution is -0.190. The molecule has 3 rings (SSSR count). The number of rotatable bonds is 10. The topological polar surface area (TPSA) is 85.4 Å². The standard InChI is InChI=1S/C24H37N5O4/c1-4-6-13-20-23(31)26(14-10-15-33-3)17-21-28(20)22(30)18-27(5-2)29(21)24(32)25-16-19-11-8-7-9-12-19/h7-9,11-12,20-21H,4-6,10,13-18H2,1-3H3,(H,25,32)/t20-,21-/m0/s1. The number of urea groups is 1. The molecule has 0 unspecified atom stereocenters. The predicted octanol–water partition coefficient (Wildman–Crippen LogP) is 2.04. The number of likely N-dealkylation sites (N-methyl/N-ethyl adjacent to an activating group) is 1. The molecule has 0 spiro atoms. The van der Waals surface area contributed by atoms with Crippen LogP contribution >= 0.6 is 0 Å². The smallest absolute Gasteiger partial charge is 0.334 e. The predicted molar refractivity (Wildman–Crippen MR) is 125 cm³/mol. The number of carbonyl (C=O) groups is 3. The van der Waals surface area contributed by atoms with Gasteiger partial charge in [0.25, 0.3) is 0 Å². The zero-order valence-electron chi connectivity index (χ0n) is 20.0. The van der Waals surface area contributed by atoms with Crippen LogP contribution in [-0.4, -0.2) is 89.8 Å². The number of hydrogen-bond acceptors (Lipinski definition) is 5. The molecule has 33 heavy (non-hydrogen) atoms. The van der Waals surface area contributed by atoms with Gasteiger partial charge in [-0.1, -0.05) is 57.0 Å². The minimum atomic E-state index is -0.540. The molecule has 0 saturated carbocycles. The number of carbonyl (C=O) groups excluding carboxylic acids is 3. The van der Waals surface area contributed by atoms with Crippen LogP contribution in [-0.2, 0) is 20.9 Å². The highest BCUT2D eigenvalue weighted by Crippen LogP contribution is 2.28. The molecule has 1 aromatic carbocycles. The Morgan fingerprint density at radius 2 is 1.91 bits per heavy atom. The molecule has 0 aromatic heterocycles. The Morgan fingerprint density at radius 3 is 2.58 bits per heavy atom. The second-order valence-electron chi connectivity index (χ2n) is 8.54. The second kappa shape index (κ2) is 12.0. The third kappa shape index (κ3) is 5.83. The summed E-state index contributed by atoms with van der Waals surface area (Å²) in [5, 5.41) is 6.43. The minimum Gasteiger partial charge on any atom is -0.385 e. The molecule has 2 heterocycles. The van der Waals surface area contributed by atoms with Crippen molar-refractivity contribution in [2.75, 3.05) is 39.9 Å². The van der Waals surface area contributed by atoms with Crippen LogP contribution in [0.2, 0.25) is 0 Å². The van der Waals surface area contributed by atoms with E-state index < -0.39 is 12.2 Å². The van der Waals surface area contributed by atoms with E-state index in [0.29, 0.717) is 45.6 Å². The van der Waals surface area contributed by atoms with E-state index >= 15 is 0 Å². The molecule has 182 valence electrons. The fourth-order valence-corrected chi connectivity index (χ4v) is 4.59. The van der Waals surface area contributed by atoms with Crippen LogP contribution in [0.5, 0.6) is 0 Å². The quantitative estimate of drug-likeness (QED) is 0.541. The Hall–Kier alpha value is -2.65. The zero-order chi connectivity index (χ0) is 23.8. The molecule has 1 aromatic rings. The molecule has 9 heteroatoms. The van der Waals surface area contributed by atoms with Gasteiger partial charge in [-0.15, -0.1) is 0 Å². The van der Waals surface area contributed by atoms with Gasteiger partial charge in [-0.3, -0.25) is 9.59 Å². The summed E-state index contributed by atoms with van der Waals surface area (Å²) >= 11 is 0. The molecule has 2 aliphatic rings. The maximum atomic E-state index is 13.4. The molecule has 2 fully saturated rings. The maximum Gasteiger partial charge on any atom is 0.334 e. The Labute approximate surface area is 196 Å². The molecule has 0 radical (unpaired) electrons. The van der Waals surface area contributed by atoms with Crippen molar-refractivity contribution in [3.8, 4) is 0 Å². The number of benzene rings is 1. The first-order chi connectivity index (χ1) is 16.0. The fourth-order valence-electron chi connectivity index (χ4n) is 4.59. The minimum absolute atomic E-state index is 0.0289. The SMILES string of the molecule is CCCC[C@H]1C(=O)N(CCCOC)C[C@H]2N1C(=O)CN(CC)N2C(=O)NCc1ccccc1. The van der Waals surface area contributed by atoms with Crippen LogP contribution in [0, 0.1) is 0 Å². The van der Waals surface area contributed by atoms with E-state index in [1.165, 1.54) is 0 Å². The molecule has 9 nitrogen and oxygen atoms in total. The van der Waals surface area contributed by atoms with Gasteiger partial charge in [0.2, 0.25) is 11.8 Å². The molecule has 1 N–H and O–H groups in total. The number of ether oxygens (including phenoxy) is 1. The van der Waals surface area contributed by atoms with E-state index in [4.69, 9.17) is 4.74 Å². The monoisotopic (exact) mass is 459 g/mol. The molecule has 2 aliphatic heterocycles. The van der Waals surface area contributed by atoms with E-state index in [1.807, 2.05) is 37.3 Å². The first kappa shape index (κ1) is 25.0. The first-order valence-corrected chi connectivity index (χ1v) is 12.0. The van der Waals surface area contributed by atoms with Gasteiger partial charge in [0.15, 0.2) is 0 Å². The van der Waals surface area contributed by atoms with Crippen LogP contribution in [0.4, 0.5) is 4.79 Å². The molecular weight excluding hydrogens is 422 g/mol. The van der Waals surface area contributed by atoms with Gasteiger partial charge in [0.05, 0.1) is 13.1 Å². The van der Waals surface area contributed by atoms with Gasteiger partial charge in [0.1, 0.15) is 12.2 Å². The number of nitrogens with one attached hydrogen (secondary N) is 1. The normalized spacial score (nSPS) is 21.4. The number of unbranched alkanes of at least 4 members (excludes halogenated alkanes) is 1. The summed E-state index contributed by atoms with van der Waals surface area (Å²) in [7, 11) is 1.64. The Balaban J connectivity index is 1.85. The molecule has 0 aliphatic carbocycles. The molecule has 2 saturated heterocycles. The lowest BCUT2D eigenvalue weighted by atomic mass is 10.0. The average Bonchev–Trinajstić information content (AvgIpc) is 2.83. The van der Waals surface area contributed by atoms with Crippen molar-refractivity contribution in [3.63, 3.8) is 0 Å². The number of nitrogens with zero attached hydrogens (tertiary/aromatic N) is 4. The number of methoxy groups -OCH3 is 1. The lowest BCUT2D eigenvalue weighted by Gasteiger charge is -2.55. The summed E-state index contributed by atoms with van der Waals surface area (Å²) in [6.07, 6.45) is 2.56. The summed E-state index contributed by atoms with van der Waals surface area (Å²) in [4.78, 5) is 43.3. The van der Waals surface area contributed by atoms with Crippen LogP contribution in [0.15, 0.2) is 30.3 Å². The number of piperazine rings is 1. The Kier molecular flexibility index (Phi) is 9.08. The van der Waals surface area contributed by atoms with Gasteiger partial charge in [-0.2, -0.15) is 0 Å². The second-order valence-corrected chi connectivity index (χ2v) is 8.54. The van der Waals surface area contributed by atoms with E-state index in [1.54, 1.807) is 26.9 Å². The average molecular weight is 460 g/mol. The Morgan fingerprint density at radius 1 is 1.15 bits per heavy atom. The highest BCUT2D eigenvalue weighted by molar-refractivity contribution is 5.91. The molecule has 0 bridgehead atoms. The number of fused-ring (bicyclic) bond motifs is 1. The highest BCUT2D eigenvalue weighted by atomic mass is 16.5. The van der Waals surface area contributed by atoms with Crippen molar-refractivity contribution in [1.29, 1.82) is 0 Å². The summed E-state index contributed by atoms with van der Waals surface area (Å²) in [5.74, 6) is -0.126. The van der Waals surface area contributed by atoms with Gasteiger partial charge in [-0.25, -0.2) is 14.8 Å². The Bertz CT molecular complexity index is 805. The highest BCUT2D eigenvalue weighted by Gasteiger charge is 2.50. The molecule has 2 atom stereocenters. The van der Waals surface area contributed by atoms with Crippen molar-refractivity contribution in [2.45, 2.75) is 58.3 Å². The van der Waals surface area contributed by atoms with Gasteiger partial charge < -0.3 is 19.9 Å². The number of amides is 4. The van der Waals surface area contributed by atoms with Crippen LogP contribution in [0.1, 0.15) is 45.1 Å². The van der Waals surface area contributed by atoms with Crippen molar-refractivity contribution in [2.24, 2.45) is 0 Å². The molecular formula is C24H37N5O4. The van der Waals surface area contributed by atoms with E-state index in [-0.39, 0.29) is 24.4 Å². The van der Waals surface area contributed by atoms with Crippen molar-refractivity contribution in [1.82, 2.24) is 25.1 Å².